The first-order chi connectivity index (χ1) is 12.9. The summed E-state index contributed by atoms with van der Waals surface area (Å²) in [5, 5.41) is 4.04. The molecule has 6 nitrogen and oxygen atoms in total. The summed E-state index contributed by atoms with van der Waals surface area (Å²) < 4.78 is 16.1. The lowest BCUT2D eigenvalue weighted by molar-refractivity contribution is -0.155. The first-order valence-electron chi connectivity index (χ1n) is 10.4. The summed E-state index contributed by atoms with van der Waals surface area (Å²) in [6.45, 7) is 6.22. The van der Waals surface area contributed by atoms with Crippen LogP contribution in [0.1, 0.15) is 96.2 Å². The van der Waals surface area contributed by atoms with Crippen LogP contribution < -0.4 is 0 Å². The summed E-state index contributed by atoms with van der Waals surface area (Å²) in [4.78, 5) is 16.9. The van der Waals surface area contributed by atoms with Gasteiger partial charge in [-0.3, -0.25) is 4.79 Å². The molecule has 1 aliphatic carbocycles. The van der Waals surface area contributed by atoms with Crippen molar-refractivity contribution in [3.8, 4) is 0 Å². The molecule has 1 aromatic heterocycles. The zero-order chi connectivity index (χ0) is 19.7. The predicted octanol–water partition coefficient (Wildman–Crippen LogP) is 4.82. The van der Waals surface area contributed by atoms with Gasteiger partial charge < -0.3 is 14.0 Å². The van der Waals surface area contributed by atoms with Gasteiger partial charge in [-0.1, -0.05) is 50.1 Å². The highest BCUT2D eigenvalue weighted by Crippen LogP contribution is 2.31. The van der Waals surface area contributed by atoms with Crippen LogP contribution >= 0.6 is 0 Å². The van der Waals surface area contributed by atoms with Gasteiger partial charge in [-0.2, -0.15) is 4.98 Å². The van der Waals surface area contributed by atoms with E-state index in [1.54, 1.807) is 7.11 Å². The molecule has 0 aromatic carbocycles. The van der Waals surface area contributed by atoms with Crippen LogP contribution in [0.4, 0.5) is 0 Å². The quantitative estimate of drug-likeness (QED) is 0.542. The molecule has 0 saturated heterocycles. The predicted molar refractivity (Wildman–Crippen MR) is 104 cm³/mol. The molecule has 2 rings (SSSR count). The van der Waals surface area contributed by atoms with E-state index in [9.17, 15) is 4.79 Å². The minimum atomic E-state index is -0.484. The molecule has 1 aliphatic rings. The summed E-state index contributed by atoms with van der Waals surface area (Å²) in [5.41, 5.74) is -0.484. The van der Waals surface area contributed by atoms with Crippen LogP contribution in [0.15, 0.2) is 4.52 Å². The maximum Gasteiger partial charge on any atom is 0.307 e. The van der Waals surface area contributed by atoms with Crippen molar-refractivity contribution in [2.45, 2.75) is 96.5 Å². The molecule has 6 heteroatoms. The van der Waals surface area contributed by atoms with Gasteiger partial charge >= 0.3 is 5.97 Å². The topological polar surface area (TPSA) is 74.5 Å². The lowest BCUT2D eigenvalue weighted by Gasteiger charge is -2.23. The van der Waals surface area contributed by atoms with Gasteiger partial charge in [0.05, 0.1) is 13.0 Å². The molecule has 0 bridgehead atoms. The normalized spacial score (nSPS) is 17.0. The number of nitrogens with zero attached hydrogens (tertiary/aromatic N) is 2. The van der Waals surface area contributed by atoms with Crippen molar-refractivity contribution in [1.82, 2.24) is 10.1 Å². The van der Waals surface area contributed by atoms with Crippen LogP contribution in [0, 0.1) is 5.92 Å². The van der Waals surface area contributed by atoms with E-state index in [0.29, 0.717) is 24.7 Å². The van der Waals surface area contributed by atoms with Gasteiger partial charge in [-0.05, 0) is 33.1 Å². The summed E-state index contributed by atoms with van der Waals surface area (Å²) in [7, 11) is 1.65. The Hall–Kier alpha value is -1.43. The summed E-state index contributed by atoms with van der Waals surface area (Å²) in [6, 6.07) is 0. The van der Waals surface area contributed by atoms with Crippen LogP contribution in [-0.2, 0) is 20.7 Å². The minimum absolute atomic E-state index is 0.0766. The highest BCUT2D eigenvalue weighted by Gasteiger charge is 2.26. The molecular formula is C21H36N2O4. The second-order valence-corrected chi connectivity index (χ2v) is 8.71. The zero-order valence-electron chi connectivity index (χ0n) is 17.5. The molecule has 0 spiro atoms. The van der Waals surface area contributed by atoms with E-state index in [0.717, 1.165) is 18.8 Å². The third kappa shape index (κ3) is 8.41. The van der Waals surface area contributed by atoms with Crippen molar-refractivity contribution in [1.29, 1.82) is 0 Å². The lowest BCUT2D eigenvalue weighted by atomic mass is 9.84. The van der Waals surface area contributed by atoms with Crippen LogP contribution in [0.25, 0.3) is 0 Å². The van der Waals surface area contributed by atoms with Crippen molar-refractivity contribution in [2.24, 2.45) is 5.92 Å². The van der Waals surface area contributed by atoms with Gasteiger partial charge in [0.25, 0.3) is 0 Å². The number of methoxy groups -OCH3 is 1. The van der Waals surface area contributed by atoms with E-state index >= 15 is 0 Å². The molecule has 1 saturated carbocycles. The molecule has 0 aliphatic heterocycles. The fraction of sp³-hybridized carbons (Fsp3) is 0.857. The van der Waals surface area contributed by atoms with Crippen molar-refractivity contribution in [3.63, 3.8) is 0 Å². The fourth-order valence-electron chi connectivity index (χ4n) is 3.75. The number of carbonyl (C=O) groups is 1. The van der Waals surface area contributed by atoms with Gasteiger partial charge in [-0.25, -0.2) is 0 Å². The van der Waals surface area contributed by atoms with E-state index < -0.39 is 5.60 Å². The lowest BCUT2D eigenvalue weighted by Crippen LogP contribution is -2.25. The Morgan fingerprint density at radius 2 is 2.00 bits per heavy atom. The van der Waals surface area contributed by atoms with Crippen LogP contribution in [-0.4, -0.2) is 35.4 Å². The first-order valence-corrected chi connectivity index (χ1v) is 10.4. The van der Waals surface area contributed by atoms with Crippen molar-refractivity contribution in [3.05, 3.63) is 11.7 Å². The number of aromatic nitrogens is 2. The Labute approximate surface area is 163 Å². The molecule has 1 atom stereocenters. The second-order valence-electron chi connectivity index (χ2n) is 8.71. The van der Waals surface area contributed by atoms with E-state index in [4.69, 9.17) is 14.0 Å². The number of esters is 1. The van der Waals surface area contributed by atoms with Crippen molar-refractivity contribution >= 4 is 5.97 Å². The number of carbonyl (C=O) groups excluding carboxylic acids is 1. The molecule has 154 valence electrons. The van der Waals surface area contributed by atoms with E-state index in [1.165, 1.54) is 38.5 Å². The van der Waals surface area contributed by atoms with Gasteiger partial charge in [0, 0.05) is 19.4 Å². The van der Waals surface area contributed by atoms with Crippen molar-refractivity contribution < 1.29 is 18.8 Å². The van der Waals surface area contributed by atoms with E-state index in [2.05, 4.69) is 10.1 Å². The SMILES string of the molecule is COCCc1noc(C(CCCC2CCCCC2)CC(=O)OC(C)(C)C)n1. The van der Waals surface area contributed by atoms with Crippen LogP contribution in [0.3, 0.4) is 0 Å². The number of hydrogen-bond donors (Lipinski definition) is 0. The first kappa shape index (κ1) is 21.9. The summed E-state index contributed by atoms with van der Waals surface area (Å²) >= 11 is 0. The van der Waals surface area contributed by atoms with Gasteiger partial charge in [0.1, 0.15) is 5.60 Å². The average molecular weight is 381 g/mol. The monoisotopic (exact) mass is 380 g/mol. The molecule has 27 heavy (non-hydrogen) atoms. The molecule has 1 heterocycles. The smallest absolute Gasteiger partial charge is 0.307 e. The maximum atomic E-state index is 12.4. The standard InChI is InChI=1S/C21H36N2O4/c1-21(2,3)26-19(24)15-17(12-8-11-16-9-6-5-7-10-16)20-22-18(23-27-20)13-14-25-4/h16-17H,5-15H2,1-4H3. The zero-order valence-corrected chi connectivity index (χ0v) is 17.5. The minimum Gasteiger partial charge on any atom is -0.460 e. The number of ether oxygens (including phenoxy) is 2. The van der Waals surface area contributed by atoms with E-state index in [1.807, 2.05) is 20.8 Å². The molecule has 0 N–H and O–H groups in total. The van der Waals surface area contributed by atoms with Crippen LogP contribution in [0.2, 0.25) is 0 Å². The Morgan fingerprint density at radius 1 is 1.26 bits per heavy atom. The Morgan fingerprint density at radius 3 is 2.67 bits per heavy atom. The summed E-state index contributed by atoms with van der Waals surface area (Å²) in [5.74, 6) is 1.74. The highest BCUT2D eigenvalue weighted by molar-refractivity contribution is 5.70. The largest absolute Gasteiger partial charge is 0.460 e. The molecule has 0 amide bonds. The average Bonchev–Trinajstić information content (AvgIpc) is 3.07. The second kappa shape index (κ2) is 10.8. The van der Waals surface area contributed by atoms with Gasteiger partial charge in [0.2, 0.25) is 5.89 Å². The number of rotatable bonds is 10. The Balaban J connectivity index is 1.94. The molecule has 1 fully saturated rings. The molecule has 1 aromatic rings. The highest BCUT2D eigenvalue weighted by atomic mass is 16.6. The summed E-state index contributed by atoms with van der Waals surface area (Å²) in [6.07, 6.45) is 10.9. The molecule has 1 unspecified atom stereocenters. The Kier molecular flexibility index (Phi) is 8.74. The third-order valence-corrected chi connectivity index (χ3v) is 5.09. The van der Waals surface area contributed by atoms with Crippen molar-refractivity contribution in [2.75, 3.05) is 13.7 Å². The maximum absolute atomic E-state index is 12.4. The van der Waals surface area contributed by atoms with Gasteiger partial charge in [0.15, 0.2) is 5.82 Å². The van der Waals surface area contributed by atoms with Crippen LogP contribution in [0.5, 0.6) is 0 Å². The van der Waals surface area contributed by atoms with Gasteiger partial charge in [-0.15, -0.1) is 0 Å². The molecule has 0 radical (unpaired) electrons. The molecular weight excluding hydrogens is 344 g/mol. The third-order valence-electron chi connectivity index (χ3n) is 5.09. The fourth-order valence-corrected chi connectivity index (χ4v) is 3.75. The Bertz CT molecular complexity index is 559. The van der Waals surface area contributed by atoms with E-state index in [-0.39, 0.29) is 18.3 Å². The number of hydrogen-bond acceptors (Lipinski definition) is 6.